The van der Waals surface area contributed by atoms with Crippen molar-refractivity contribution in [2.45, 2.75) is 30.6 Å². The molecule has 1 aliphatic heterocycles. The predicted molar refractivity (Wildman–Crippen MR) is 56.1 cm³/mol. The molecule has 1 aliphatic rings. The smallest absolute Gasteiger partial charge is 0.0894 e. The monoisotopic (exact) mass is 205 g/mol. The topological polar surface area (TPSA) is 52.5 Å². The third-order valence-corrected chi connectivity index (χ3v) is 3.93. The molecule has 0 aromatic carbocycles. The van der Waals surface area contributed by atoms with Gasteiger partial charge in [0.2, 0.25) is 0 Å². The lowest BCUT2D eigenvalue weighted by molar-refractivity contribution is 0.0941. The lowest BCUT2D eigenvalue weighted by atomic mass is 10.1. The summed E-state index contributed by atoms with van der Waals surface area (Å²) >= 11 is 2.00. The van der Waals surface area contributed by atoms with Crippen molar-refractivity contribution in [1.82, 2.24) is 5.32 Å². The zero-order valence-electron chi connectivity index (χ0n) is 8.12. The van der Waals surface area contributed by atoms with Crippen molar-refractivity contribution in [3.8, 4) is 0 Å². The summed E-state index contributed by atoms with van der Waals surface area (Å²) in [6.07, 6.45) is 1.93. The van der Waals surface area contributed by atoms with E-state index in [1.165, 1.54) is 18.6 Å². The van der Waals surface area contributed by atoms with E-state index < -0.39 is 6.10 Å². The maximum Gasteiger partial charge on any atom is 0.0894 e. The Morgan fingerprint density at radius 2 is 2.38 bits per heavy atom. The highest BCUT2D eigenvalue weighted by Crippen LogP contribution is 2.36. The first-order valence-electron chi connectivity index (χ1n) is 4.80. The molecule has 0 radical (unpaired) electrons. The lowest BCUT2D eigenvalue weighted by Crippen LogP contribution is -2.38. The summed E-state index contributed by atoms with van der Waals surface area (Å²) in [6, 6.07) is 0. The average Bonchev–Trinajstić information content (AvgIpc) is 2.52. The fourth-order valence-corrected chi connectivity index (χ4v) is 2.82. The molecule has 0 spiro atoms. The number of aliphatic hydroxyl groups excluding tert-OH is 2. The third-order valence-electron chi connectivity index (χ3n) is 2.39. The van der Waals surface area contributed by atoms with Gasteiger partial charge >= 0.3 is 0 Å². The Bertz CT molecular complexity index is 149. The van der Waals surface area contributed by atoms with Crippen LogP contribution in [0.2, 0.25) is 0 Å². The number of hydrogen-bond donors (Lipinski definition) is 3. The van der Waals surface area contributed by atoms with E-state index >= 15 is 0 Å². The Morgan fingerprint density at radius 1 is 1.62 bits per heavy atom. The van der Waals surface area contributed by atoms with Crippen molar-refractivity contribution in [2.75, 3.05) is 25.4 Å². The van der Waals surface area contributed by atoms with Gasteiger partial charge in [0.1, 0.15) is 0 Å². The summed E-state index contributed by atoms with van der Waals surface area (Å²) < 4.78 is 0.342. The number of nitrogens with one attached hydrogen (secondary N) is 1. The highest BCUT2D eigenvalue weighted by molar-refractivity contribution is 8.00. The van der Waals surface area contributed by atoms with Crippen LogP contribution in [0.5, 0.6) is 0 Å². The van der Waals surface area contributed by atoms with Crippen LogP contribution in [0, 0.1) is 0 Å². The summed E-state index contributed by atoms with van der Waals surface area (Å²) in [6.45, 7) is 3.52. The fourth-order valence-electron chi connectivity index (χ4n) is 1.54. The van der Waals surface area contributed by atoms with Crippen molar-refractivity contribution in [3.05, 3.63) is 0 Å². The van der Waals surface area contributed by atoms with Gasteiger partial charge in [-0.25, -0.2) is 0 Å². The molecule has 1 rings (SSSR count). The van der Waals surface area contributed by atoms with Gasteiger partial charge in [0.15, 0.2) is 0 Å². The summed E-state index contributed by atoms with van der Waals surface area (Å²) in [5.41, 5.74) is 0. The van der Waals surface area contributed by atoms with E-state index in [1.54, 1.807) is 0 Å². The first-order chi connectivity index (χ1) is 6.16. The minimum atomic E-state index is -0.616. The molecule has 0 aromatic heterocycles. The fraction of sp³-hybridized carbons (Fsp3) is 1.00. The van der Waals surface area contributed by atoms with Gasteiger partial charge < -0.3 is 15.5 Å². The molecule has 0 bridgehead atoms. The van der Waals surface area contributed by atoms with Crippen LogP contribution < -0.4 is 5.32 Å². The van der Waals surface area contributed by atoms with Crippen LogP contribution in [0.25, 0.3) is 0 Å². The standard InChI is InChI=1S/C9H19NO2S/c1-9(3-2-4-13-9)7-10-5-8(12)6-11/h8,10-12H,2-7H2,1H3/t8-,9?/m0/s1. The highest BCUT2D eigenvalue weighted by Gasteiger charge is 2.28. The minimum Gasteiger partial charge on any atom is -0.394 e. The molecule has 2 atom stereocenters. The molecule has 13 heavy (non-hydrogen) atoms. The first kappa shape index (κ1) is 11.3. The largest absolute Gasteiger partial charge is 0.394 e. The summed E-state index contributed by atoms with van der Waals surface area (Å²) in [5, 5.41) is 20.9. The minimum absolute atomic E-state index is 0.156. The second-order valence-corrected chi connectivity index (χ2v) is 5.55. The van der Waals surface area contributed by atoms with E-state index in [9.17, 15) is 0 Å². The molecule has 3 N–H and O–H groups in total. The van der Waals surface area contributed by atoms with Crippen LogP contribution in [-0.2, 0) is 0 Å². The number of thioether (sulfide) groups is 1. The Kier molecular flexibility index (Phi) is 4.52. The molecule has 1 saturated heterocycles. The summed E-state index contributed by atoms with van der Waals surface area (Å²) in [5.74, 6) is 1.25. The second-order valence-electron chi connectivity index (χ2n) is 3.87. The van der Waals surface area contributed by atoms with Gasteiger partial charge in [-0.15, -0.1) is 0 Å². The third kappa shape index (κ3) is 3.85. The van der Waals surface area contributed by atoms with E-state index in [1.807, 2.05) is 11.8 Å². The van der Waals surface area contributed by atoms with E-state index in [2.05, 4.69) is 12.2 Å². The zero-order chi connectivity index (χ0) is 9.73. The highest BCUT2D eigenvalue weighted by atomic mass is 32.2. The molecule has 0 amide bonds. The van der Waals surface area contributed by atoms with Crippen molar-refractivity contribution in [2.24, 2.45) is 0 Å². The Hall–Kier alpha value is 0.230. The predicted octanol–water partition coefficient (Wildman–Crippen LogP) is 0.215. The van der Waals surface area contributed by atoms with Crippen molar-refractivity contribution < 1.29 is 10.2 Å². The molecule has 0 saturated carbocycles. The van der Waals surface area contributed by atoms with E-state index in [-0.39, 0.29) is 6.61 Å². The van der Waals surface area contributed by atoms with E-state index in [0.29, 0.717) is 11.3 Å². The van der Waals surface area contributed by atoms with E-state index in [4.69, 9.17) is 10.2 Å². The van der Waals surface area contributed by atoms with Gasteiger partial charge in [-0.2, -0.15) is 11.8 Å². The molecular formula is C9H19NO2S. The maximum absolute atomic E-state index is 9.10. The van der Waals surface area contributed by atoms with Gasteiger partial charge in [-0.05, 0) is 25.5 Å². The molecule has 1 unspecified atom stereocenters. The van der Waals surface area contributed by atoms with Gasteiger partial charge in [0.25, 0.3) is 0 Å². The van der Waals surface area contributed by atoms with Gasteiger partial charge in [-0.3, -0.25) is 0 Å². The Labute approximate surface area is 83.9 Å². The van der Waals surface area contributed by atoms with Crippen LogP contribution in [0.4, 0.5) is 0 Å². The van der Waals surface area contributed by atoms with Crippen LogP contribution in [0.3, 0.4) is 0 Å². The molecular weight excluding hydrogens is 186 g/mol. The van der Waals surface area contributed by atoms with E-state index in [0.717, 1.165) is 6.54 Å². The Balaban J connectivity index is 2.11. The molecule has 4 heteroatoms. The number of hydrogen-bond acceptors (Lipinski definition) is 4. The van der Waals surface area contributed by atoms with Gasteiger partial charge in [0.05, 0.1) is 12.7 Å². The van der Waals surface area contributed by atoms with Crippen LogP contribution in [-0.4, -0.2) is 46.5 Å². The van der Waals surface area contributed by atoms with Crippen molar-refractivity contribution in [3.63, 3.8) is 0 Å². The average molecular weight is 205 g/mol. The quantitative estimate of drug-likeness (QED) is 0.601. The molecule has 3 nitrogen and oxygen atoms in total. The zero-order valence-corrected chi connectivity index (χ0v) is 8.94. The molecule has 0 aliphatic carbocycles. The second kappa shape index (κ2) is 5.20. The normalized spacial score (nSPS) is 30.7. The molecule has 1 heterocycles. The van der Waals surface area contributed by atoms with Crippen LogP contribution >= 0.6 is 11.8 Å². The molecule has 78 valence electrons. The SMILES string of the molecule is CC1(CNC[C@H](O)CO)CCCS1. The van der Waals surface area contributed by atoms with Gasteiger partial charge in [-0.1, -0.05) is 0 Å². The number of rotatable bonds is 5. The maximum atomic E-state index is 9.10. The summed E-state index contributed by atoms with van der Waals surface area (Å²) in [7, 11) is 0. The van der Waals surface area contributed by atoms with Gasteiger partial charge in [0, 0.05) is 17.8 Å². The molecule has 1 fully saturated rings. The first-order valence-corrected chi connectivity index (χ1v) is 5.78. The number of aliphatic hydroxyl groups is 2. The van der Waals surface area contributed by atoms with Crippen LogP contribution in [0.1, 0.15) is 19.8 Å². The van der Waals surface area contributed by atoms with Crippen molar-refractivity contribution in [1.29, 1.82) is 0 Å². The van der Waals surface area contributed by atoms with Crippen molar-refractivity contribution >= 4 is 11.8 Å². The Morgan fingerprint density at radius 3 is 2.92 bits per heavy atom. The van der Waals surface area contributed by atoms with Crippen LogP contribution in [0.15, 0.2) is 0 Å². The molecule has 0 aromatic rings. The lowest BCUT2D eigenvalue weighted by Gasteiger charge is -2.23. The summed E-state index contributed by atoms with van der Waals surface area (Å²) in [4.78, 5) is 0.